The molecular weight excluding hydrogens is 266 g/mol. The van der Waals surface area contributed by atoms with Gasteiger partial charge in [0.1, 0.15) is 0 Å². The fourth-order valence-electron chi connectivity index (χ4n) is 2.23. The topological polar surface area (TPSA) is 65.4 Å². The molecule has 19 heavy (non-hydrogen) atoms. The molecule has 106 valence electrons. The lowest BCUT2D eigenvalue weighted by atomic mass is 10.1. The average molecular weight is 286 g/mol. The normalized spacial score (nSPS) is 22.9. The largest absolute Gasteiger partial charge is 0.388 e. The third-order valence-electron chi connectivity index (χ3n) is 3.37. The summed E-state index contributed by atoms with van der Waals surface area (Å²) in [4.78, 5) is 16.7. The third kappa shape index (κ3) is 3.25. The van der Waals surface area contributed by atoms with E-state index in [9.17, 15) is 5.11 Å². The molecule has 1 aromatic heterocycles. The number of hydrogen-bond acceptors (Lipinski definition) is 6. The lowest BCUT2D eigenvalue weighted by Gasteiger charge is -2.22. The molecule has 1 aromatic rings. The van der Waals surface area contributed by atoms with Crippen LogP contribution < -0.4 is 9.80 Å². The molecule has 0 bridgehead atoms. The second-order valence-corrected chi connectivity index (χ2v) is 5.38. The highest BCUT2D eigenvalue weighted by atomic mass is 35.5. The van der Waals surface area contributed by atoms with E-state index in [1.54, 1.807) is 0 Å². The zero-order valence-corrected chi connectivity index (χ0v) is 12.4. The first-order valence-electron chi connectivity index (χ1n) is 6.59. The molecule has 1 N–H and O–H groups in total. The van der Waals surface area contributed by atoms with Crippen molar-refractivity contribution in [2.24, 2.45) is 0 Å². The summed E-state index contributed by atoms with van der Waals surface area (Å²) in [5.41, 5.74) is -0.686. The zero-order valence-electron chi connectivity index (χ0n) is 11.6. The smallest absolute Gasteiger partial charge is 0.231 e. The Balaban J connectivity index is 2.27. The molecule has 1 atom stereocenters. The molecule has 1 saturated heterocycles. The monoisotopic (exact) mass is 285 g/mol. The molecule has 6 nitrogen and oxygen atoms in total. The van der Waals surface area contributed by atoms with Crippen LogP contribution in [0.1, 0.15) is 27.2 Å². The van der Waals surface area contributed by atoms with Gasteiger partial charge in [0.25, 0.3) is 0 Å². The molecule has 1 aliphatic rings. The molecule has 2 rings (SSSR count). The average Bonchev–Trinajstić information content (AvgIpc) is 2.71. The second-order valence-electron chi connectivity index (χ2n) is 5.05. The van der Waals surface area contributed by atoms with E-state index in [1.807, 2.05) is 30.6 Å². The highest BCUT2D eigenvalue weighted by molar-refractivity contribution is 6.28. The molecule has 0 radical (unpaired) electrons. The predicted octanol–water partition coefficient (Wildman–Crippen LogP) is 1.33. The molecule has 0 aliphatic carbocycles. The van der Waals surface area contributed by atoms with Crippen molar-refractivity contribution in [1.29, 1.82) is 0 Å². The lowest BCUT2D eigenvalue weighted by molar-refractivity contribution is 0.0838. The molecular formula is C12H20ClN5O. The minimum atomic E-state index is -0.686. The van der Waals surface area contributed by atoms with Crippen molar-refractivity contribution in [3.63, 3.8) is 0 Å². The van der Waals surface area contributed by atoms with Crippen LogP contribution in [-0.4, -0.2) is 51.8 Å². The summed E-state index contributed by atoms with van der Waals surface area (Å²) in [5, 5.41) is 10.2. The Morgan fingerprint density at radius 3 is 2.53 bits per heavy atom. The highest BCUT2D eigenvalue weighted by Crippen LogP contribution is 2.25. The third-order valence-corrected chi connectivity index (χ3v) is 3.53. The van der Waals surface area contributed by atoms with Gasteiger partial charge in [-0.05, 0) is 38.8 Å². The van der Waals surface area contributed by atoms with E-state index in [0.29, 0.717) is 24.9 Å². The van der Waals surface area contributed by atoms with E-state index in [2.05, 4.69) is 15.0 Å². The highest BCUT2D eigenvalue weighted by Gasteiger charge is 2.33. The van der Waals surface area contributed by atoms with Crippen LogP contribution in [0.4, 0.5) is 11.9 Å². The van der Waals surface area contributed by atoms with Gasteiger partial charge < -0.3 is 14.9 Å². The van der Waals surface area contributed by atoms with Gasteiger partial charge in [-0.15, -0.1) is 0 Å². The Kier molecular flexibility index (Phi) is 4.10. The maximum atomic E-state index is 10.0. The van der Waals surface area contributed by atoms with Crippen molar-refractivity contribution in [3.05, 3.63) is 5.28 Å². The maximum Gasteiger partial charge on any atom is 0.231 e. The molecule has 1 unspecified atom stereocenters. The Morgan fingerprint density at radius 2 is 2.00 bits per heavy atom. The van der Waals surface area contributed by atoms with Crippen molar-refractivity contribution < 1.29 is 5.11 Å². The van der Waals surface area contributed by atoms with Crippen LogP contribution in [0, 0.1) is 0 Å². The molecule has 7 heteroatoms. The summed E-state index contributed by atoms with van der Waals surface area (Å²) in [7, 11) is 0. The van der Waals surface area contributed by atoms with Gasteiger partial charge >= 0.3 is 0 Å². The molecule has 1 fully saturated rings. The minimum Gasteiger partial charge on any atom is -0.388 e. The van der Waals surface area contributed by atoms with Gasteiger partial charge in [0.15, 0.2) is 0 Å². The summed E-state index contributed by atoms with van der Waals surface area (Å²) >= 11 is 5.98. The number of halogens is 1. The number of aliphatic hydroxyl groups is 1. The van der Waals surface area contributed by atoms with Gasteiger partial charge in [-0.3, -0.25) is 0 Å². The number of anilines is 2. The SMILES string of the molecule is CCN(CC)c1nc(Cl)nc(N2CCC(C)(O)C2)n1. The number of hydrogen-bond donors (Lipinski definition) is 1. The summed E-state index contributed by atoms with van der Waals surface area (Å²) in [6.07, 6.45) is 0.705. The van der Waals surface area contributed by atoms with Gasteiger partial charge in [0, 0.05) is 26.2 Å². The molecule has 0 spiro atoms. The summed E-state index contributed by atoms with van der Waals surface area (Å²) in [5.74, 6) is 1.13. The number of aromatic nitrogens is 3. The Labute approximate surface area is 118 Å². The summed E-state index contributed by atoms with van der Waals surface area (Å²) in [6, 6.07) is 0. The fraction of sp³-hybridized carbons (Fsp3) is 0.750. The Bertz CT molecular complexity index is 450. The van der Waals surface area contributed by atoms with E-state index in [4.69, 9.17) is 11.6 Å². The molecule has 0 aromatic carbocycles. The summed E-state index contributed by atoms with van der Waals surface area (Å²) in [6.45, 7) is 8.78. The Hall–Kier alpha value is -1.14. The molecule has 2 heterocycles. The molecule has 0 amide bonds. The maximum absolute atomic E-state index is 10.0. The quantitative estimate of drug-likeness (QED) is 0.900. The van der Waals surface area contributed by atoms with Crippen molar-refractivity contribution in [2.75, 3.05) is 36.0 Å². The van der Waals surface area contributed by atoms with Gasteiger partial charge in [0.2, 0.25) is 17.2 Å². The van der Waals surface area contributed by atoms with Crippen molar-refractivity contribution >= 4 is 23.5 Å². The van der Waals surface area contributed by atoms with E-state index in [1.165, 1.54) is 0 Å². The molecule has 0 saturated carbocycles. The Morgan fingerprint density at radius 1 is 1.32 bits per heavy atom. The first-order valence-corrected chi connectivity index (χ1v) is 6.97. The number of rotatable bonds is 4. The first-order chi connectivity index (χ1) is 8.95. The van der Waals surface area contributed by atoms with Crippen LogP contribution in [0.2, 0.25) is 5.28 Å². The van der Waals surface area contributed by atoms with Crippen molar-refractivity contribution in [2.45, 2.75) is 32.8 Å². The van der Waals surface area contributed by atoms with Crippen molar-refractivity contribution in [1.82, 2.24) is 15.0 Å². The molecule has 1 aliphatic heterocycles. The first kappa shape index (κ1) is 14.3. The van der Waals surface area contributed by atoms with E-state index >= 15 is 0 Å². The van der Waals surface area contributed by atoms with Crippen LogP contribution in [-0.2, 0) is 0 Å². The lowest BCUT2D eigenvalue weighted by Crippen LogP contribution is -2.31. The van der Waals surface area contributed by atoms with Crippen LogP contribution in [0.3, 0.4) is 0 Å². The van der Waals surface area contributed by atoms with E-state index < -0.39 is 5.60 Å². The second kappa shape index (κ2) is 5.46. The van der Waals surface area contributed by atoms with Gasteiger partial charge in [0.05, 0.1) is 5.60 Å². The number of β-amino-alcohol motifs (C(OH)–C–C–N with tert-alkyl or cyclic N) is 1. The predicted molar refractivity (Wildman–Crippen MR) is 75.9 cm³/mol. The van der Waals surface area contributed by atoms with Gasteiger partial charge in [-0.25, -0.2) is 0 Å². The minimum absolute atomic E-state index is 0.193. The number of nitrogens with zero attached hydrogens (tertiary/aromatic N) is 5. The fourth-order valence-corrected chi connectivity index (χ4v) is 2.39. The van der Waals surface area contributed by atoms with Gasteiger partial charge in [-0.1, -0.05) is 0 Å². The van der Waals surface area contributed by atoms with Crippen LogP contribution in [0.25, 0.3) is 0 Å². The summed E-state index contributed by atoms with van der Waals surface area (Å²) < 4.78 is 0. The van der Waals surface area contributed by atoms with Crippen LogP contribution in [0.15, 0.2) is 0 Å². The van der Waals surface area contributed by atoms with Crippen LogP contribution in [0.5, 0.6) is 0 Å². The van der Waals surface area contributed by atoms with Crippen molar-refractivity contribution in [3.8, 4) is 0 Å². The standard InChI is InChI=1S/C12H20ClN5O/c1-4-17(5-2)10-14-9(13)15-11(16-10)18-7-6-12(3,19)8-18/h19H,4-8H2,1-3H3. The van der Waals surface area contributed by atoms with E-state index in [-0.39, 0.29) is 5.28 Å². The van der Waals surface area contributed by atoms with E-state index in [0.717, 1.165) is 19.6 Å². The van der Waals surface area contributed by atoms with Crippen LogP contribution >= 0.6 is 11.6 Å². The van der Waals surface area contributed by atoms with Gasteiger partial charge in [-0.2, -0.15) is 15.0 Å². The zero-order chi connectivity index (χ0) is 14.0.